The van der Waals surface area contributed by atoms with Crippen LogP contribution in [-0.2, 0) is 0 Å². The fraction of sp³-hybridized carbons (Fsp3) is 0.857. The molecule has 88 valence electrons. The maximum atomic E-state index is 2.49. The Morgan fingerprint density at radius 3 is 2.60 bits per heavy atom. The van der Waals surface area contributed by atoms with Crippen molar-refractivity contribution in [2.24, 2.45) is 11.8 Å². The standard InChI is InChI=1S/C14H27N/c1-6-7-14(15(4)5)13-9-8-11(2)10-12(13)3/h10,12-14H,6-9H2,1-5H3. The third-order valence-electron chi connectivity index (χ3n) is 3.84. The second-order valence-corrected chi connectivity index (χ2v) is 5.39. The van der Waals surface area contributed by atoms with E-state index in [1.54, 1.807) is 5.57 Å². The van der Waals surface area contributed by atoms with E-state index in [0.29, 0.717) is 0 Å². The highest BCUT2D eigenvalue weighted by Crippen LogP contribution is 2.33. The highest BCUT2D eigenvalue weighted by molar-refractivity contribution is 5.07. The van der Waals surface area contributed by atoms with Crippen LogP contribution in [0.5, 0.6) is 0 Å². The molecule has 0 amide bonds. The van der Waals surface area contributed by atoms with Crippen molar-refractivity contribution in [1.82, 2.24) is 4.90 Å². The van der Waals surface area contributed by atoms with E-state index in [1.165, 1.54) is 25.7 Å². The molecule has 0 bridgehead atoms. The minimum absolute atomic E-state index is 0.762. The van der Waals surface area contributed by atoms with Crippen molar-refractivity contribution in [3.05, 3.63) is 11.6 Å². The zero-order valence-corrected chi connectivity index (χ0v) is 11.1. The Morgan fingerprint density at radius 1 is 1.47 bits per heavy atom. The highest BCUT2D eigenvalue weighted by atomic mass is 15.1. The van der Waals surface area contributed by atoms with Gasteiger partial charge in [-0.2, -0.15) is 0 Å². The maximum Gasteiger partial charge on any atom is 0.0123 e. The minimum Gasteiger partial charge on any atom is -0.306 e. The summed E-state index contributed by atoms with van der Waals surface area (Å²) < 4.78 is 0. The topological polar surface area (TPSA) is 3.24 Å². The molecule has 1 heteroatoms. The lowest BCUT2D eigenvalue weighted by Gasteiger charge is -2.37. The van der Waals surface area contributed by atoms with E-state index in [1.807, 2.05) is 0 Å². The Morgan fingerprint density at radius 2 is 2.13 bits per heavy atom. The van der Waals surface area contributed by atoms with Gasteiger partial charge >= 0.3 is 0 Å². The van der Waals surface area contributed by atoms with Crippen LogP contribution in [0, 0.1) is 11.8 Å². The lowest BCUT2D eigenvalue weighted by molar-refractivity contribution is 0.154. The number of nitrogens with zero attached hydrogens (tertiary/aromatic N) is 1. The van der Waals surface area contributed by atoms with Crippen LogP contribution in [0.1, 0.15) is 46.5 Å². The molecule has 3 unspecified atom stereocenters. The van der Waals surface area contributed by atoms with E-state index in [0.717, 1.165) is 17.9 Å². The van der Waals surface area contributed by atoms with Crippen LogP contribution in [0.2, 0.25) is 0 Å². The van der Waals surface area contributed by atoms with Crippen LogP contribution < -0.4 is 0 Å². The summed E-state index contributed by atoms with van der Waals surface area (Å²) in [4.78, 5) is 2.43. The lowest BCUT2D eigenvalue weighted by atomic mass is 9.76. The monoisotopic (exact) mass is 209 g/mol. The predicted octanol–water partition coefficient (Wildman–Crippen LogP) is 3.71. The molecular formula is C14H27N. The Bertz CT molecular complexity index is 217. The number of allylic oxidation sites excluding steroid dienone is 2. The first-order valence-corrected chi connectivity index (χ1v) is 6.40. The van der Waals surface area contributed by atoms with Crippen molar-refractivity contribution in [3.63, 3.8) is 0 Å². The van der Waals surface area contributed by atoms with Crippen molar-refractivity contribution < 1.29 is 0 Å². The van der Waals surface area contributed by atoms with Gasteiger partial charge < -0.3 is 4.90 Å². The van der Waals surface area contributed by atoms with Gasteiger partial charge in [-0.05, 0) is 52.1 Å². The molecule has 0 heterocycles. The van der Waals surface area contributed by atoms with Crippen LogP contribution in [0.25, 0.3) is 0 Å². The highest BCUT2D eigenvalue weighted by Gasteiger charge is 2.28. The summed E-state index contributed by atoms with van der Waals surface area (Å²) in [5.74, 6) is 1.63. The van der Waals surface area contributed by atoms with Crippen molar-refractivity contribution in [2.45, 2.75) is 52.5 Å². The molecule has 0 aromatic heterocycles. The summed E-state index contributed by atoms with van der Waals surface area (Å²) in [7, 11) is 4.47. The first kappa shape index (κ1) is 12.8. The van der Waals surface area contributed by atoms with Gasteiger partial charge in [0.05, 0.1) is 0 Å². The zero-order chi connectivity index (χ0) is 11.4. The summed E-state index contributed by atoms with van der Waals surface area (Å²) in [6.45, 7) is 6.96. The molecule has 3 atom stereocenters. The number of rotatable bonds is 4. The summed E-state index contributed by atoms with van der Waals surface area (Å²) in [5, 5.41) is 0. The first-order valence-electron chi connectivity index (χ1n) is 6.40. The van der Waals surface area contributed by atoms with Crippen LogP contribution in [0.3, 0.4) is 0 Å². The Balaban J connectivity index is 2.68. The molecule has 1 nitrogen and oxygen atoms in total. The molecule has 0 fully saturated rings. The van der Waals surface area contributed by atoms with Crippen LogP contribution in [0.4, 0.5) is 0 Å². The molecule has 0 spiro atoms. The van der Waals surface area contributed by atoms with Gasteiger partial charge in [-0.3, -0.25) is 0 Å². The normalized spacial score (nSPS) is 29.1. The molecule has 0 radical (unpaired) electrons. The molecule has 1 aliphatic rings. The van der Waals surface area contributed by atoms with Gasteiger partial charge in [0, 0.05) is 6.04 Å². The molecule has 1 rings (SSSR count). The van der Waals surface area contributed by atoms with E-state index in [2.05, 4.69) is 45.8 Å². The smallest absolute Gasteiger partial charge is 0.0123 e. The van der Waals surface area contributed by atoms with Gasteiger partial charge in [0.1, 0.15) is 0 Å². The molecule has 0 aliphatic heterocycles. The average Bonchev–Trinajstić information content (AvgIpc) is 2.15. The summed E-state index contributed by atoms with van der Waals surface area (Å²) in [6, 6.07) is 0.773. The van der Waals surface area contributed by atoms with Crippen LogP contribution in [0.15, 0.2) is 11.6 Å². The number of hydrogen-bond acceptors (Lipinski definition) is 1. The summed E-state index contributed by atoms with van der Waals surface area (Å²) in [5.41, 5.74) is 1.59. The first-order chi connectivity index (χ1) is 7.06. The second-order valence-electron chi connectivity index (χ2n) is 5.39. The molecule has 0 saturated carbocycles. The van der Waals surface area contributed by atoms with Gasteiger partial charge in [0.2, 0.25) is 0 Å². The SMILES string of the molecule is CCCC(C1CCC(C)=CC1C)N(C)C. The lowest BCUT2D eigenvalue weighted by Crippen LogP contribution is -2.39. The van der Waals surface area contributed by atoms with E-state index >= 15 is 0 Å². The van der Waals surface area contributed by atoms with Gasteiger partial charge in [-0.25, -0.2) is 0 Å². The Hall–Kier alpha value is -0.300. The Kier molecular flexibility index (Phi) is 4.85. The third kappa shape index (κ3) is 3.34. The van der Waals surface area contributed by atoms with Crippen molar-refractivity contribution in [3.8, 4) is 0 Å². The quantitative estimate of drug-likeness (QED) is 0.638. The molecule has 0 aromatic carbocycles. The summed E-state index contributed by atoms with van der Waals surface area (Å²) >= 11 is 0. The zero-order valence-electron chi connectivity index (χ0n) is 11.1. The molecular weight excluding hydrogens is 182 g/mol. The van der Waals surface area contributed by atoms with Crippen molar-refractivity contribution in [2.75, 3.05) is 14.1 Å². The van der Waals surface area contributed by atoms with Crippen LogP contribution in [-0.4, -0.2) is 25.0 Å². The predicted molar refractivity (Wildman–Crippen MR) is 68.0 cm³/mol. The molecule has 0 N–H and O–H groups in total. The molecule has 15 heavy (non-hydrogen) atoms. The van der Waals surface area contributed by atoms with E-state index in [9.17, 15) is 0 Å². The maximum absolute atomic E-state index is 2.49. The average molecular weight is 209 g/mol. The molecule has 1 aliphatic carbocycles. The largest absolute Gasteiger partial charge is 0.306 e. The summed E-state index contributed by atoms with van der Waals surface area (Å²) in [6.07, 6.45) is 7.82. The fourth-order valence-corrected chi connectivity index (χ4v) is 3.01. The molecule has 0 aromatic rings. The van der Waals surface area contributed by atoms with E-state index < -0.39 is 0 Å². The van der Waals surface area contributed by atoms with Gasteiger partial charge in [-0.15, -0.1) is 0 Å². The fourth-order valence-electron chi connectivity index (χ4n) is 3.01. The minimum atomic E-state index is 0.762. The van der Waals surface area contributed by atoms with Crippen molar-refractivity contribution >= 4 is 0 Å². The van der Waals surface area contributed by atoms with Gasteiger partial charge in [0.25, 0.3) is 0 Å². The molecule has 0 saturated heterocycles. The van der Waals surface area contributed by atoms with E-state index in [-0.39, 0.29) is 0 Å². The van der Waals surface area contributed by atoms with Crippen molar-refractivity contribution in [1.29, 1.82) is 0 Å². The second kappa shape index (κ2) is 5.69. The van der Waals surface area contributed by atoms with Gasteiger partial charge in [-0.1, -0.05) is 31.9 Å². The third-order valence-corrected chi connectivity index (χ3v) is 3.84. The Labute approximate surface area is 95.5 Å². The van der Waals surface area contributed by atoms with Crippen LogP contribution >= 0.6 is 0 Å². The van der Waals surface area contributed by atoms with Gasteiger partial charge in [0.15, 0.2) is 0 Å². The number of hydrogen-bond donors (Lipinski definition) is 0. The van der Waals surface area contributed by atoms with E-state index in [4.69, 9.17) is 0 Å².